The van der Waals surface area contributed by atoms with Crippen molar-refractivity contribution in [2.45, 2.75) is 55.4 Å². The molecule has 2 bridgehead atoms. The third-order valence-corrected chi connectivity index (χ3v) is 6.00. The monoisotopic (exact) mass is 246 g/mol. The fraction of sp³-hybridized carbons (Fsp3) is 0.917. The maximum Gasteiger partial charge on any atom is 0.136 e. The summed E-state index contributed by atoms with van der Waals surface area (Å²) in [6.07, 6.45) is 5.38. The average molecular weight is 246 g/mol. The van der Waals surface area contributed by atoms with E-state index in [0.29, 0.717) is 19.3 Å². The maximum atomic E-state index is 11.9. The number of hydrogen-bond donors (Lipinski definition) is 0. The average Bonchev–Trinajstić information content (AvgIpc) is 2.53. The standard InChI is InChI=1S/C12H19FO2S/c13-6-2-1-3-12(14)9-7-10-4-5-11(8-9)16(10)15/h9-11H,1-8H2. The third kappa shape index (κ3) is 2.53. The molecule has 0 amide bonds. The summed E-state index contributed by atoms with van der Waals surface area (Å²) in [7, 11) is -0.675. The fourth-order valence-corrected chi connectivity index (χ4v) is 5.02. The van der Waals surface area contributed by atoms with Crippen molar-refractivity contribution < 1.29 is 13.4 Å². The van der Waals surface area contributed by atoms with Crippen LogP contribution in [0.5, 0.6) is 0 Å². The van der Waals surface area contributed by atoms with Gasteiger partial charge in [-0.15, -0.1) is 0 Å². The van der Waals surface area contributed by atoms with Crippen molar-refractivity contribution in [1.29, 1.82) is 0 Å². The number of hydrogen-bond acceptors (Lipinski definition) is 2. The lowest BCUT2D eigenvalue weighted by molar-refractivity contribution is -0.123. The van der Waals surface area contributed by atoms with Gasteiger partial charge in [-0.25, -0.2) is 0 Å². The molecule has 0 N–H and O–H groups in total. The van der Waals surface area contributed by atoms with Crippen molar-refractivity contribution in [2.75, 3.05) is 6.67 Å². The number of ketones is 1. The van der Waals surface area contributed by atoms with Crippen LogP contribution >= 0.6 is 0 Å². The summed E-state index contributed by atoms with van der Waals surface area (Å²) in [5.41, 5.74) is 0. The molecule has 16 heavy (non-hydrogen) atoms. The van der Waals surface area contributed by atoms with E-state index in [1.807, 2.05) is 0 Å². The Labute approximate surface area is 98.4 Å². The van der Waals surface area contributed by atoms with Gasteiger partial charge in [-0.3, -0.25) is 13.4 Å². The fourth-order valence-electron chi connectivity index (χ4n) is 2.89. The highest BCUT2D eigenvalue weighted by Crippen LogP contribution is 2.39. The van der Waals surface area contributed by atoms with E-state index in [0.717, 1.165) is 25.7 Å². The first-order valence-electron chi connectivity index (χ1n) is 6.20. The molecule has 0 aliphatic carbocycles. The Hall–Kier alpha value is -0.250. The zero-order valence-electron chi connectivity index (χ0n) is 9.49. The van der Waals surface area contributed by atoms with Crippen LogP contribution in [-0.2, 0) is 15.6 Å². The van der Waals surface area contributed by atoms with Crippen molar-refractivity contribution in [3.63, 3.8) is 0 Å². The van der Waals surface area contributed by atoms with E-state index in [-0.39, 0.29) is 28.9 Å². The highest BCUT2D eigenvalue weighted by atomic mass is 32.2. The van der Waals surface area contributed by atoms with Crippen LogP contribution in [0.15, 0.2) is 0 Å². The van der Waals surface area contributed by atoms with Gasteiger partial charge in [0.15, 0.2) is 0 Å². The number of carbonyl (C=O) groups excluding carboxylic acids is 1. The number of alkyl halides is 1. The summed E-state index contributed by atoms with van der Waals surface area (Å²) in [6.45, 7) is -0.326. The quantitative estimate of drug-likeness (QED) is 0.698. The first-order valence-corrected chi connectivity index (χ1v) is 7.48. The number of fused-ring (bicyclic) bond motifs is 2. The van der Waals surface area contributed by atoms with Crippen LogP contribution in [0.4, 0.5) is 4.39 Å². The summed E-state index contributed by atoms with van der Waals surface area (Å²) in [5, 5.41) is 0.544. The molecule has 0 aromatic carbocycles. The van der Waals surface area contributed by atoms with Gasteiger partial charge in [0.25, 0.3) is 0 Å². The van der Waals surface area contributed by atoms with Crippen molar-refractivity contribution >= 4 is 16.6 Å². The normalized spacial score (nSPS) is 37.6. The molecule has 2 fully saturated rings. The Morgan fingerprint density at radius 2 is 1.81 bits per heavy atom. The van der Waals surface area contributed by atoms with Gasteiger partial charge >= 0.3 is 0 Å². The Bertz CT molecular complexity index is 277. The third-order valence-electron chi connectivity index (χ3n) is 3.82. The molecule has 2 aliphatic rings. The summed E-state index contributed by atoms with van der Waals surface area (Å²) < 4.78 is 23.7. The summed E-state index contributed by atoms with van der Waals surface area (Å²) in [5.74, 6) is 0.400. The molecule has 2 saturated heterocycles. The van der Waals surface area contributed by atoms with E-state index >= 15 is 0 Å². The number of unbranched alkanes of at least 4 members (excludes halogenated alkanes) is 1. The molecule has 2 nitrogen and oxygen atoms in total. The van der Waals surface area contributed by atoms with Gasteiger partial charge in [0.1, 0.15) is 5.78 Å². The molecular formula is C12H19FO2S. The van der Waals surface area contributed by atoms with Crippen molar-refractivity contribution in [2.24, 2.45) is 5.92 Å². The minimum Gasteiger partial charge on any atom is -0.299 e. The van der Waals surface area contributed by atoms with Crippen molar-refractivity contribution in [3.8, 4) is 0 Å². The summed E-state index contributed by atoms with van der Waals surface area (Å²) >= 11 is 0. The number of halogens is 1. The van der Waals surface area contributed by atoms with E-state index in [9.17, 15) is 13.4 Å². The van der Waals surface area contributed by atoms with Gasteiger partial charge in [0.05, 0.1) is 6.67 Å². The molecule has 2 aliphatic heterocycles. The van der Waals surface area contributed by atoms with Gasteiger partial charge in [-0.1, -0.05) is 0 Å². The van der Waals surface area contributed by atoms with Gasteiger partial charge in [0, 0.05) is 33.6 Å². The molecule has 0 saturated carbocycles. The molecule has 0 aromatic rings. The molecule has 2 rings (SSSR count). The van der Waals surface area contributed by atoms with Crippen LogP contribution in [0.3, 0.4) is 0 Å². The Kier molecular flexibility index (Phi) is 4.11. The van der Waals surface area contributed by atoms with Crippen LogP contribution in [0.25, 0.3) is 0 Å². The van der Waals surface area contributed by atoms with Gasteiger partial charge in [-0.2, -0.15) is 0 Å². The Morgan fingerprint density at radius 3 is 2.38 bits per heavy atom. The molecule has 2 unspecified atom stereocenters. The molecule has 92 valence electrons. The van der Waals surface area contributed by atoms with Crippen molar-refractivity contribution in [1.82, 2.24) is 0 Å². The van der Waals surface area contributed by atoms with E-state index in [1.54, 1.807) is 0 Å². The highest BCUT2D eigenvalue weighted by Gasteiger charge is 2.42. The SMILES string of the molecule is O=C(CCCCF)C1CC2CCC(C1)S2=O. The lowest BCUT2D eigenvalue weighted by Gasteiger charge is -2.26. The molecular weight excluding hydrogens is 227 g/mol. The topological polar surface area (TPSA) is 34.1 Å². The van der Waals surface area contributed by atoms with Crippen LogP contribution in [0.1, 0.15) is 44.9 Å². The molecule has 0 spiro atoms. The van der Waals surface area contributed by atoms with Crippen LogP contribution < -0.4 is 0 Å². The second kappa shape index (κ2) is 5.39. The number of carbonyl (C=O) groups is 1. The van der Waals surface area contributed by atoms with E-state index in [4.69, 9.17) is 0 Å². The lowest BCUT2D eigenvalue weighted by Crippen LogP contribution is -2.32. The largest absolute Gasteiger partial charge is 0.299 e. The van der Waals surface area contributed by atoms with Gasteiger partial charge in [-0.05, 0) is 38.5 Å². The zero-order valence-corrected chi connectivity index (χ0v) is 10.3. The first kappa shape index (κ1) is 12.2. The Balaban J connectivity index is 1.83. The van der Waals surface area contributed by atoms with Gasteiger partial charge < -0.3 is 0 Å². The second-order valence-electron chi connectivity index (χ2n) is 4.93. The van der Waals surface area contributed by atoms with E-state index in [2.05, 4.69) is 0 Å². The van der Waals surface area contributed by atoms with Crippen LogP contribution in [-0.4, -0.2) is 27.2 Å². The predicted octanol–water partition coefficient (Wildman–Crippen LogP) is 2.39. The lowest BCUT2D eigenvalue weighted by atomic mass is 9.92. The van der Waals surface area contributed by atoms with Crippen LogP contribution in [0, 0.1) is 5.92 Å². The van der Waals surface area contributed by atoms with Crippen LogP contribution in [0.2, 0.25) is 0 Å². The van der Waals surface area contributed by atoms with Crippen molar-refractivity contribution in [3.05, 3.63) is 0 Å². The molecule has 2 heterocycles. The summed E-state index contributed by atoms with van der Waals surface area (Å²) in [4.78, 5) is 11.9. The minimum atomic E-state index is -0.675. The molecule has 4 heteroatoms. The number of Topliss-reactive ketones (excluding diaryl/α,β-unsaturated/α-hetero) is 1. The first-order chi connectivity index (χ1) is 7.72. The molecule has 0 aromatic heterocycles. The highest BCUT2D eigenvalue weighted by molar-refractivity contribution is 7.86. The van der Waals surface area contributed by atoms with E-state index in [1.165, 1.54) is 0 Å². The Morgan fingerprint density at radius 1 is 1.19 bits per heavy atom. The minimum absolute atomic E-state index is 0.120. The maximum absolute atomic E-state index is 11.9. The summed E-state index contributed by atoms with van der Waals surface area (Å²) in [6, 6.07) is 0. The number of rotatable bonds is 5. The zero-order chi connectivity index (χ0) is 11.5. The molecule has 0 radical (unpaired) electrons. The predicted molar refractivity (Wildman–Crippen MR) is 62.5 cm³/mol. The second-order valence-corrected chi connectivity index (χ2v) is 6.92. The smallest absolute Gasteiger partial charge is 0.136 e. The van der Waals surface area contributed by atoms with Gasteiger partial charge in [0.2, 0.25) is 0 Å². The van der Waals surface area contributed by atoms with E-state index < -0.39 is 10.8 Å². The molecule has 2 atom stereocenters.